The number of ether oxygens (including phenoxy) is 3. The summed E-state index contributed by atoms with van der Waals surface area (Å²) in [4.78, 5) is 59.0. The highest BCUT2D eigenvalue weighted by atomic mass is 31.2. The zero-order chi connectivity index (χ0) is 85.1. The molecule has 4 N–H and O–H groups in total. The monoisotopic (exact) mass is 1670 g/mol. The molecule has 18 heteroatoms. The van der Waals surface area contributed by atoms with Gasteiger partial charge >= 0.3 is 33.6 Å². The van der Waals surface area contributed by atoms with E-state index < -0.39 is 91.5 Å². The molecule has 0 heterocycles. The lowest BCUT2D eigenvalue weighted by Gasteiger charge is -2.21. The first-order valence-corrected chi connectivity index (χ1v) is 49.1. The van der Waals surface area contributed by atoms with Crippen molar-refractivity contribution < 1.29 is 75.8 Å². The van der Waals surface area contributed by atoms with Crippen molar-refractivity contribution in [2.75, 3.05) is 39.6 Å². The number of hydrogen-bond donors (Lipinski definition) is 4. The van der Waals surface area contributed by atoms with Crippen molar-refractivity contribution in [3.05, 3.63) is 182 Å². The van der Waals surface area contributed by atoms with Crippen LogP contribution in [0.3, 0.4) is 0 Å². The molecule has 117 heavy (non-hydrogen) atoms. The van der Waals surface area contributed by atoms with Gasteiger partial charge in [0.05, 0.1) is 26.4 Å². The van der Waals surface area contributed by atoms with Gasteiger partial charge in [0.15, 0.2) is 6.10 Å². The largest absolute Gasteiger partial charge is 0.472 e. The molecule has 0 saturated heterocycles. The summed E-state index contributed by atoms with van der Waals surface area (Å²) in [5.41, 5.74) is 0. The second-order valence-corrected chi connectivity index (χ2v) is 33.2. The highest BCUT2D eigenvalue weighted by molar-refractivity contribution is 7.47. The van der Waals surface area contributed by atoms with Crippen molar-refractivity contribution >= 4 is 33.6 Å². The van der Waals surface area contributed by atoms with E-state index in [1.807, 2.05) is 0 Å². The summed E-state index contributed by atoms with van der Waals surface area (Å²) in [5, 5.41) is 20.7. The third kappa shape index (κ3) is 91.2. The molecule has 0 aliphatic carbocycles. The standard InChI is InChI=1S/C99H166O16P2/c1-4-7-10-13-16-19-22-25-28-31-34-37-40-42-43-44-45-46-47-48-49-51-54-55-58-61-64-67-70-73-76-79-82-85-97(102)109-88-94(100)89-111-116(105,106)112-90-95(101)91-113-117(107,108)114-93-96(115-99(104)87-84-81-78-75-72-69-66-63-60-57-52-39-36-33-30-27-24-21-18-15-12-9-6-3)92-110-98(103)86-83-80-77-74-71-68-65-62-59-56-53-50-41-38-35-32-29-26-23-20-17-14-11-8-5-2/h7-8,10-11,16-21,25-30,34-39,42-43,50,53,57,59-60,62,94-96,100-101H,4-6,9,12-15,22-24,31-33,40-41,44-49,51-52,54-56,58,61,63-93H2,1-3H3,(H,105,106)(H,107,108)/b10-7-,11-8-,19-16-,20-17-,21-18-,28-25-,29-26-,30-27-,37-34-,38-35-,39-36-,43-42-,53-50-,60-57-,62-59-. The molecule has 5 atom stereocenters. The van der Waals surface area contributed by atoms with Crippen molar-refractivity contribution in [1.82, 2.24) is 0 Å². The van der Waals surface area contributed by atoms with Crippen LogP contribution < -0.4 is 0 Å². The average molecular weight is 1670 g/mol. The van der Waals surface area contributed by atoms with Crippen LogP contribution in [0.2, 0.25) is 0 Å². The highest BCUT2D eigenvalue weighted by Gasteiger charge is 2.29. The Kier molecular flexibility index (Phi) is 85.8. The van der Waals surface area contributed by atoms with E-state index in [1.165, 1.54) is 116 Å². The molecule has 0 aliphatic heterocycles. The first kappa shape index (κ1) is 112. The molecule has 0 aliphatic rings. The lowest BCUT2D eigenvalue weighted by Crippen LogP contribution is -2.30. The van der Waals surface area contributed by atoms with Gasteiger partial charge in [-0.3, -0.25) is 32.5 Å². The third-order valence-electron chi connectivity index (χ3n) is 19.1. The van der Waals surface area contributed by atoms with E-state index in [2.05, 4.69) is 203 Å². The van der Waals surface area contributed by atoms with E-state index >= 15 is 0 Å². The van der Waals surface area contributed by atoms with E-state index in [9.17, 15) is 43.5 Å². The van der Waals surface area contributed by atoms with E-state index in [0.717, 1.165) is 193 Å². The maximum Gasteiger partial charge on any atom is 0.472 e. The molecule has 0 aromatic carbocycles. The van der Waals surface area contributed by atoms with Gasteiger partial charge in [0, 0.05) is 19.3 Å². The summed E-state index contributed by atoms with van der Waals surface area (Å²) >= 11 is 0. The number of aliphatic hydroxyl groups is 2. The molecule has 0 amide bonds. The molecule has 0 bridgehead atoms. The van der Waals surface area contributed by atoms with Gasteiger partial charge in [0.1, 0.15) is 25.4 Å². The van der Waals surface area contributed by atoms with Crippen molar-refractivity contribution in [2.45, 2.75) is 386 Å². The van der Waals surface area contributed by atoms with Crippen LogP contribution in [0.15, 0.2) is 182 Å². The lowest BCUT2D eigenvalue weighted by molar-refractivity contribution is -0.161. The number of phosphoric acid groups is 2. The Balaban J connectivity index is 4.61. The Morgan fingerprint density at radius 3 is 0.718 bits per heavy atom. The van der Waals surface area contributed by atoms with Crippen LogP contribution in [-0.2, 0) is 55.8 Å². The number of esters is 3. The number of allylic oxidation sites excluding steroid dienone is 30. The van der Waals surface area contributed by atoms with Gasteiger partial charge in [-0.15, -0.1) is 0 Å². The first-order chi connectivity index (χ1) is 57.2. The van der Waals surface area contributed by atoms with Crippen LogP contribution >= 0.6 is 15.6 Å². The second kappa shape index (κ2) is 89.9. The minimum atomic E-state index is -4.95. The zero-order valence-electron chi connectivity index (χ0n) is 73.6. The fraction of sp³-hybridized carbons (Fsp3) is 0.667. The molecule has 0 rings (SSSR count). The summed E-state index contributed by atoms with van der Waals surface area (Å²) in [7, 11) is -9.82. The summed E-state index contributed by atoms with van der Waals surface area (Å²) in [5.74, 6) is -1.60. The summed E-state index contributed by atoms with van der Waals surface area (Å²) in [6.45, 7) is 2.43. The number of carbonyl (C=O) groups excluding carboxylic acids is 3. The smallest absolute Gasteiger partial charge is 0.463 e. The van der Waals surface area contributed by atoms with Crippen LogP contribution in [0.25, 0.3) is 0 Å². The van der Waals surface area contributed by atoms with E-state index in [4.69, 9.17) is 32.3 Å². The number of aliphatic hydroxyl groups excluding tert-OH is 2. The van der Waals surface area contributed by atoms with Gasteiger partial charge in [0.2, 0.25) is 0 Å². The quantitative estimate of drug-likeness (QED) is 0.0146. The van der Waals surface area contributed by atoms with Gasteiger partial charge in [0.25, 0.3) is 0 Å². The van der Waals surface area contributed by atoms with Crippen LogP contribution in [0.5, 0.6) is 0 Å². The Labute approximate surface area is 713 Å². The van der Waals surface area contributed by atoms with E-state index in [1.54, 1.807) is 0 Å². The first-order valence-electron chi connectivity index (χ1n) is 46.1. The molecule has 0 radical (unpaired) electrons. The molecule has 5 unspecified atom stereocenters. The lowest BCUT2D eigenvalue weighted by atomic mass is 10.0. The fourth-order valence-electron chi connectivity index (χ4n) is 12.2. The summed E-state index contributed by atoms with van der Waals surface area (Å²) in [6, 6.07) is 0. The SMILES string of the molecule is CC/C=C\C/C=C\C/C=C\C/C=C\C/C=C\C/C=C\CCCCCCCCC(=O)OCC(COP(=O)(O)OCC(O)COP(=O)(O)OCC(O)COC(=O)CCCCCCCCCCCCCCCCCCC/C=C\C/C=C\C/C=C\C/C=C\C/C=C\CC)OC(=O)CCCCCCCCC/C=C\C/C=C\C/C=C\C/C=C\CCCCC. The average Bonchev–Trinajstić information content (AvgIpc) is 0.924. The van der Waals surface area contributed by atoms with Crippen LogP contribution in [0.1, 0.15) is 367 Å². The van der Waals surface area contributed by atoms with Crippen LogP contribution in [0, 0.1) is 0 Å². The van der Waals surface area contributed by atoms with Crippen LogP contribution in [-0.4, -0.2) is 95.9 Å². The molecule has 0 aromatic heterocycles. The molecule has 16 nitrogen and oxygen atoms in total. The predicted octanol–water partition coefficient (Wildman–Crippen LogP) is 28.4. The predicted molar refractivity (Wildman–Crippen MR) is 491 cm³/mol. The van der Waals surface area contributed by atoms with E-state index in [0.29, 0.717) is 19.3 Å². The van der Waals surface area contributed by atoms with Gasteiger partial charge in [-0.1, -0.05) is 370 Å². The van der Waals surface area contributed by atoms with E-state index in [-0.39, 0.29) is 19.3 Å². The van der Waals surface area contributed by atoms with Gasteiger partial charge in [-0.2, -0.15) is 0 Å². The van der Waals surface area contributed by atoms with Crippen molar-refractivity contribution in [1.29, 1.82) is 0 Å². The molecule has 0 fully saturated rings. The van der Waals surface area contributed by atoms with Crippen molar-refractivity contribution in [3.8, 4) is 0 Å². The van der Waals surface area contributed by atoms with Crippen molar-refractivity contribution in [3.63, 3.8) is 0 Å². The number of carbonyl (C=O) groups is 3. The summed E-state index contributed by atoms with van der Waals surface area (Å²) < 4.78 is 61.5. The molecular weight excluding hydrogens is 1510 g/mol. The third-order valence-corrected chi connectivity index (χ3v) is 21.0. The number of unbranched alkanes of at least 4 members (excludes halogenated alkanes) is 33. The minimum absolute atomic E-state index is 0.0829. The molecular formula is C99H166O16P2. The minimum Gasteiger partial charge on any atom is -0.463 e. The summed E-state index contributed by atoms with van der Waals surface area (Å²) in [6.07, 6.45) is 118. The Morgan fingerprint density at radius 2 is 0.453 bits per heavy atom. The Hall–Kier alpha value is -5.35. The molecule has 0 saturated carbocycles. The Bertz CT molecular complexity index is 2860. The molecule has 668 valence electrons. The van der Waals surface area contributed by atoms with Crippen LogP contribution in [0.4, 0.5) is 0 Å². The highest BCUT2D eigenvalue weighted by Crippen LogP contribution is 2.45. The van der Waals surface area contributed by atoms with Gasteiger partial charge in [-0.05, 0) is 161 Å². The van der Waals surface area contributed by atoms with Crippen molar-refractivity contribution in [2.24, 2.45) is 0 Å². The number of hydrogen-bond acceptors (Lipinski definition) is 14. The fourth-order valence-corrected chi connectivity index (χ4v) is 13.8. The van der Waals surface area contributed by atoms with Gasteiger partial charge in [-0.25, -0.2) is 9.13 Å². The second-order valence-electron chi connectivity index (χ2n) is 30.3. The normalized spacial score (nSPS) is 14.6. The maximum atomic E-state index is 13.1. The molecule has 0 aromatic rings. The number of phosphoric ester groups is 2. The molecule has 0 spiro atoms. The Morgan fingerprint density at radius 1 is 0.248 bits per heavy atom. The zero-order valence-corrected chi connectivity index (χ0v) is 75.4. The topological polar surface area (TPSA) is 231 Å². The van der Waals surface area contributed by atoms with Gasteiger partial charge < -0.3 is 34.2 Å². The maximum absolute atomic E-state index is 13.1. The number of rotatable bonds is 86.